The lowest BCUT2D eigenvalue weighted by Gasteiger charge is -2.44. The predicted molar refractivity (Wildman–Crippen MR) is 67.6 cm³/mol. The molecule has 18 heavy (non-hydrogen) atoms. The molecule has 3 unspecified atom stereocenters. The van der Waals surface area contributed by atoms with Gasteiger partial charge in [-0.1, -0.05) is 11.6 Å². The normalized spacial score (nSPS) is 39.3. The summed E-state index contributed by atoms with van der Waals surface area (Å²) < 4.78 is 0. The summed E-state index contributed by atoms with van der Waals surface area (Å²) in [6.45, 7) is 2.70. The number of quaternary nitrogens is 1. The van der Waals surface area contributed by atoms with E-state index in [1.165, 1.54) is 64.5 Å². The molecule has 3 nitrogen and oxygen atoms in total. The molecule has 2 bridgehead atoms. The second kappa shape index (κ2) is 6.25. The van der Waals surface area contributed by atoms with Gasteiger partial charge in [-0.3, -0.25) is 0 Å². The van der Waals surface area contributed by atoms with E-state index in [0.29, 0.717) is 11.8 Å². The molecule has 104 valence electrons. The SMILES string of the molecule is ON=C1C2CCCC1C([NH+]1CCCCC1)CC2.[Cl-]. The second-order valence-electron chi connectivity index (χ2n) is 6.16. The van der Waals surface area contributed by atoms with Crippen LogP contribution in [0.15, 0.2) is 5.16 Å². The third-order valence-corrected chi connectivity index (χ3v) is 5.31. The van der Waals surface area contributed by atoms with Gasteiger partial charge in [-0.2, -0.15) is 0 Å². The van der Waals surface area contributed by atoms with E-state index in [1.54, 1.807) is 0 Å². The van der Waals surface area contributed by atoms with Crippen molar-refractivity contribution in [2.75, 3.05) is 13.1 Å². The van der Waals surface area contributed by atoms with Crippen LogP contribution >= 0.6 is 0 Å². The Morgan fingerprint density at radius 2 is 1.72 bits per heavy atom. The number of piperidine rings is 1. The van der Waals surface area contributed by atoms with Crippen LogP contribution in [0, 0.1) is 11.8 Å². The number of hydrogen-bond donors (Lipinski definition) is 2. The van der Waals surface area contributed by atoms with E-state index in [1.807, 2.05) is 4.90 Å². The van der Waals surface area contributed by atoms with E-state index in [-0.39, 0.29) is 12.4 Å². The highest BCUT2D eigenvalue weighted by molar-refractivity contribution is 5.90. The number of hydrogen-bond acceptors (Lipinski definition) is 2. The summed E-state index contributed by atoms with van der Waals surface area (Å²) in [4.78, 5) is 1.81. The smallest absolute Gasteiger partial charge is 0.0957 e. The van der Waals surface area contributed by atoms with E-state index >= 15 is 0 Å². The molecule has 4 heteroatoms. The number of nitrogens with one attached hydrogen (secondary N) is 1. The minimum Gasteiger partial charge on any atom is -1.00 e. The van der Waals surface area contributed by atoms with Crippen LogP contribution in [0.3, 0.4) is 0 Å². The van der Waals surface area contributed by atoms with E-state index in [4.69, 9.17) is 0 Å². The first-order valence-electron chi connectivity index (χ1n) is 7.46. The Hall–Kier alpha value is -0.280. The van der Waals surface area contributed by atoms with Crippen molar-refractivity contribution in [3.63, 3.8) is 0 Å². The van der Waals surface area contributed by atoms with Gasteiger partial charge < -0.3 is 22.5 Å². The Bertz CT molecular complexity index is 302. The first-order valence-corrected chi connectivity index (χ1v) is 7.46. The monoisotopic (exact) mass is 272 g/mol. The fourth-order valence-corrected chi connectivity index (χ4v) is 4.49. The van der Waals surface area contributed by atoms with Crippen LogP contribution in [-0.4, -0.2) is 30.1 Å². The van der Waals surface area contributed by atoms with Crippen molar-refractivity contribution in [3.05, 3.63) is 0 Å². The molecule has 2 N–H and O–H groups in total. The zero-order chi connectivity index (χ0) is 11.7. The summed E-state index contributed by atoms with van der Waals surface area (Å²) in [5.74, 6) is 1.21. The topological polar surface area (TPSA) is 37.0 Å². The second-order valence-corrected chi connectivity index (χ2v) is 6.16. The fourth-order valence-electron chi connectivity index (χ4n) is 4.49. The Kier molecular flexibility index (Phi) is 4.91. The van der Waals surface area contributed by atoms with Crippen LogP contribution in [0.2, 0.25) is 0 Å². The van der Waals surface area contributed by atoms with Crippen LogP contribution < -0.4 is 17.3 Å². The van der Waals surface area contributed by atoms with Gasteiger partial charge >= 0.3 is 0 Å². The van der Waals surface area contributed by atoms with Gasteiger partial charge in [0.15, 0.2) is 0 Å². The van der Waals surface area contributed by atoms with E-state index in [9.17, 15) is 5.21 Å². The third-order valence-electron chi connectivity index (χ3n) is 5.31. The first kappa shape index (κ1) is 14.1. The van der Waals surface area contributed by atoms with E-state index < -0.39 is 0 Å². The summed E-state index contributed by atoms with van der Waals surface area (Å²) in [6, 6.07) is 0.762. The lowest BCUT2D eigenvalue weighted by Crippen LogP contribution is -3.17. The number of fused-ring (bicyclic) bond motifs is 2. The Labute approximate surface area is 116 Å². The largest absolute Gasteiger partial charge is 1.00 e. The molecular formula is C14H25ClN2O. The summed E-state index contributed by atoms with van der Waals surface area (Å²) in [6.07, 6.45) is 10.7. The molecular weight excluding hydrogens is 248 g/mol. The average Bonchev–Trinajstić information content (AvgIpc) is 2.39. The molecule has 3 atom stereocenters. The molecule has 0 aromatic heterocycles. The van der Waals surface area contributed by atoms with E-state index in [0.717, 1.165) is 11.8 Å². The molecule has 1 saturated heterocycles. The summed E-state index contributed by atoms with van der Waals surface area (Å²) in [7, 11) is 0. The number of likely N-dealkylation sites (tertiary alicyclic amines) is 1. The summed E-state index contributed by atoms with van der Waals surface area (Å²) >= 11 is 0. The minimum atomic E-state index is 0. The van der Waals surface area contributed by atoms with Crippen LogP contribution in [0.5, 0.6) is 0 Å². The fraction of sp³-hybridized carbons (Fsp3) is 0.929. The average molecular weight is 273 g/mol. The molecule has 3 rings (SSSR count). The van der Waals surface area contributed by atoms with Crippen molar-refractivity contribution in [2.24, 2.45) is 17.0 Å². The maximum absolute atomic E-state index is 9.29. The molecule has 0 radical (unpaired) electrons. The van der Waals surface area contributed by atoms with Crippen molar-refractivity contribution < 1.29 is 22.5 Å². The molecule has 1 aliphatic heterocycles. The number of rotatable bonds is 1. The lowest BCUT2D eigenvalue weighted by molar-refractivity contribution is -0.933. The lowest BCUT2D eigenvalue weighted by atomic mass is 9.67. The molecule has 1 heterocycles. The van der Waals surface area contributed by atoms with Gasteiger partial charge in [0.25, 0.3) is 0 Å². The van der Waals surface area contributed by atoms with Gasteiger partial charge in [0.1, 0.15) is 0 Å². The van der Waals surface area contributed by atoms with Gasteiger partial charge in [0, 0.05) is 12.3 Å². The molecule has 3 aliphatic rings. The van der Waals surface area contributed by atoms with Crippen molar-refractivity contribution >= 4 is 5.71 Å². The van der Waals surface area contributed by atoms with Crippen molar-refractivity contribution in [2.45, 2.75) is 57.4 Å². The number of nitrogens with zero attached hydrogens (tertiary/aromatic N) is 1. The standard InChI is InChI=1S/C14H24N2O.ClH/c17-15-14-11-5-4-6-12(14)13(8-7-11)16-9-2-1-3-10-16;/h11-13,17H,1-10H2;1H. The highest BCUT2D eigenvalue weighted by atomic mass is 35.5. The quantitative estimate of drug-likeness (QED) is 0.441. The van der Waals surface area contributed by atoms with Gasteiger partial charge in [-0.25, -0.2) is 0 Å². The third kappa shape index (κ3) is 2.53. The number of halogens is 1. The molecule has 0 aromatic rings. The Balaban J connectivity index is 0.00000120. The van der Waals surface area contributed by atoms with E-state index in [2.05, 4.69) is 5.16 Å². The van der Waals surface area contributed by atoms with Crippen molar-refractivity contribution in [1.82, 2.24) is 0 Å². The Morgan fingerprint density at radius 3 is 2.44 bits per heavy atom. The maximum atomic E-state index is 9.29. The minimum absolute atomic E-state index is 0. The highest BCUT2D eigenvalue weighted by Crippen LogP contribution is 2.37. The predicted octanol–water partition coefficient (Wildman–Crippen LogP) is -1.53. The molecule has 3 fully saturated rings. The van der Waals surface area contributed by atoms with Crippen LogP contribution in [0.1, 0.15) is 51.4 Å². The number of oxime groups is 1. The maximum Gasteiger partial charge on any atom is 0.0957 e. The molecule has 2 saturated carbocycles. The summed E-state index contributed by atoms with van der Waals surface area (Å²) in [5, 5.41) is 13.0. The van der Waals surface area contributed by atoms with Crippen molar-refractivity contribution in [3.8, 4) is 0 Å². The Morgan fingerprint density at radius 1 is 0.944 bits per heavy atom. The van der Waals surface area contributed by atoms with Gasteiger partial charge in [-0.15, -0.1) is 0 Å². The highest BCUT2D eigenvalue weighted by Gasteiger charge is 2.44. The summed E-state index contributed by atoms with van der Waals surface area (Å²) in [5.41, 5.74) is 1.16. The van der Waals surface area contributed by atoms with Crippen molar-refractivity contribution in [1.29, 1.82) is 0 Å². The molecule has 0 amide bonds. The van der Waals surface area contributed by atoms with Gasteiger partial charge in [0.05, 0.1) is 30.8 Å². The zero-order valence-corrected chi connectivity index (χ0v) is 11.8. The van der Waals surface area contributed by atoms with Crippen LogP contribution in [0.25, 0.3) is 0 Å². The van der Waals surface area contributed by atoms with Gasteiger partial charge in [0.2, 0.25) is 0 Å². The van der Waals surface area contributed by atoms with Crippen LogP contribution in [-0.2, 0) is 0 Å². The zero-order valence-electron chi connectivity index (χ0n) is 11.1. The van der Waals surface area contributed by atoms with Crippen LogP contribution in [0.4, 0.5) is 0 Å². The molecule has 0 aromatic carbocycles. The first-order chi connectivity index (χ1) is 8.40. The molecule has 0 spiro atoms. The van der Waals surface area contributed by atoms with Gasteiger partial charge in [-0.05, 0) is 38.5 Å². The molecule has 2 aliphatic carbocycles.